The Hall–Kier alpha value is -2.90. The van der Waals surface area contributed by atoms with Gasteiger partial charge in [0.2, 0.25) is 5.69 Å². The highest BCUT2D eigenvalue weighted by molar-refractivity contribution is 5.78. The van der Waals surface area contributed by atoms with Crippen molar-refractivity contribution < 1.29 is 30.9 Å². The van der Waals surface area contributed by atoms with Gasteiger partial charge in [-0.25, -0.2) is 4.98 Å². The predicted octanol–water partition coefficient (Wildman–Crippen LogP) is 7.59. The summed E-state index contributed by atoms with van der Waals surface area (Å²) in [5, 5.41) is 0. The molecule has 0 fully saturated rings. The Labute approximate surface area is 194 Å². The van der Waals surface area contributed by atoms with E-state index in [0.717, 1.165) is 37.5 Å². The fourth-order valence-electron chi connectivity index (χ4n) is 4.88. The van der Waals surface area contributed by atoms with E-state index < -0.39 is 29.0 Å². The van der Waals surface area contributed by atoms with E-state index in [2.05, 4.69) is 16.5 Å². The van der Waals surface area contributed by atoms with Crippen molar-refractivity contribution in [2.45, 2.75) is 63.8 Å². The minimum Gasteiger partial charge on any atom is -0.243 e. The summed E-state index contributed by atoms with van der Waals surface area (Å²) in [5.74, 6) is 0. The maximum Gasteiger partial charge on any atom is 0.416 e. The van der Waals surface area contributed by atoms with Crippen molar-refractivity contribution in [2.75, 3.05) is 0 Å². The van der Waals surface area contributed by atoms with Gasteiger partial charge in [-0.3, -0.25) is 0 Å². The van der Waals surface area contributed by atoms with Crippen LogP contribution in [0.4, 0.5) is 26.3 Å². The number of fused-ring (bicyclic) bond motifs is 3. The first-order valence-electron chi connectivity index (χ1n) is 11.3. The van der Waals surface area contributed by atoms with Gasteiger partial charge in [0.05, 0.1) is 22.9 Å². The largest absolute Gasteiger partial charge is 0.416 e. The minimum absolute atomic E-state index is 0.441. The van der Waals surface area contributed by atoms with Crippen LogP contribution in [0.2, 0.25) is 0 Å². The molecule has 0 N–H and O–H groups in total. The number of unbranched alkanes of at least 4 members (excludes halogenated alkanes) is 1. The monoisotopic (exact) mass is 479 g/mol. The van der Waals surface area contributed by atoms with Crippen LogP contribution in [0.1, 0.15) is 56.2 Å². The zero-order valence-electron chi connectivity index (χ0n) is 18.9. The standard InChI is InChI=1S/C26H25F6N2/c1-3-5-12-24(4-2)16-18-15-20(26(30,31)32)10-11-21(18)23-22(33-13-14-34(23)24)17-6-8-19(9-7-17)25(27,28)29/h6-11,13-15H,3-5,12,16H2,1-2H3/q+1. The van der Waals surface area contributed by atoms with E-state index in [1.165, 1.54) is 24.3 Å². The minimum atomic E-state index is -4.47. The molecule has 0 amide bonds. The first-order chi connectivity index (χ1) is 16.0. The summed E-state index contributed by atoms with van der Waals surface area (Å²) in [7, 11) is 0. The molecule has 0 saturated heterocycles. The average Bonchev–Trinajstić information content (AvgIpc) is 2.80. The van der Waals surface area contributed by atoms with Crippen LogP contribution in [0.5, 0.6) is 0 Å². The number of nitrogens with zero attached hydrogens (tertiary/aromatic N) is 2. The van der Waals surface area contributed by atoms with Crippen LogP contribution in [0, 0.1) is 0 Å². The molecule has 1 aromatic heterocycles. The van der Waals surface area contributed by atoms with Crippen molar-refractivity contribution in [2.24, 2.45) is 0 Å². The number of aromatic nitrogens is 2. The second kappa shape index (κ2) is 8.71. The fourth-order valence-corrected chi connectivity index (χ4v) is 4.88. The van der Waals surface area contributed by atoms with E-state index >= 15 is 0 Å². The van der Waals surface area contributed by atoms with Crippen molar-refractivity contribution in [1.82, 2.24) is 4.98 Å². The highest BCUT2D eigenvalue weighted by Gasteiger charge is 2.46. The van der Waals surface area contributed by atoms with Gasteiger partial charge in [-0.15, -0.1) is 0 Å². The lowest BCUT2D eigenvalue weighted by molar-refractivity contribution is -0.759. The third-order valence-electron chi connectivity index (χ3n) is 6.74. The van der Waals surface area contributed by atoms with Crippen LogP contribution < -0.4 is 4.57 Å². The molecule has 0 radical (unpaired) electrons. The van der Waals surface area contributed by atoms with Crippen molar-refractivity contribution in [3.8, 4) is 22.5 Å². The van der Waals surface area contributed by atoms with Crippen molar-refractivity contribution in [3.63, 3.8) is 0 Å². The van der Waals surface area contributed by atoms with E-state index in [0.29, 0.717) is 40.9 Å². The van der Waals surface area contributed by atoms with Crippen LogP contribution in [0.25, 0.3) is 22.5 Å². The molecule has 3 aromatic rings. The van der Waals surface area contributed by atoms with Gasteiger partial charge in [-0.1, -0.05) is 32.4 Å². The summed E-state index contributed by atoms with van der Waals surface area (Å²) in [4.78, 5) is 4.48. The summed E-state index contributed by atoms with van der Waals surface area (Å²) in [5.41, 5.74) is 0.832. The van der Waals surface area contributed by atoms with Gasteiger partial charge in [0.25, 0.3) is 0 Å². The molecule has 2 heterocycles. The molecule has 0 spiro atoms. The molecule has 2 aromatic carbocycles. The van der Waals surface area contributed by atoms with Crippen molar-refractivity contribution in [1.29, 1.82) is 0 Å². The number of rotatable bonds is 5. The summed E-state index contributed by atoms with van der Waals surface area (Å²) in [6.07, 6.45) is -1.75. The average molecular weight is 479 g/mol. The SMILES string of the molecule is CCCCC1(CC)Cc2cc(C(F)(F)F)ccc2-c2c(-c3ccc(C(F)(F)F)cc3)ncc[n+]21. The maximum absolute atomic E-state index is 13.5. The van der Waals surface area contributed by atoms with Crippen LogP contribution in [-0.4, -0.2) is 4.98 Å². The summed E-state index contributed by atoms with van der Waals surface area (Å²) in [6.45, 7) is 4.08. The summed E-state index contributed by atoms with van der Waals surface area (Å²) < 4.78 is 81.8. The van der Waals surface area contributed by atoms with Crippen LogP contribution in [-0.2, 0) is 24.3 Å². The molecule has 0 bridgehead atoms. The molecule has 1 unspecified atom stereocenters. The van der Waals surface area contributed by atoms with Gasteiger partial charge >= 0.3 is 12.4 Å². The normalized spacial score (nSPS) is 17.9. The Morgan fingerprint density at radius 3 is 2.15 bits per heavy atom. The molecule has 8 heteroatoms. The third kappa shape index (κ3) is 4.30. The molecule has 2 nitrogen and oxygen atoms in total. The first kappa shape index (κ1) is 24.2. The van der Waals surface area contributed by atoms with Gasteiger partial charge in [0.1, 0.15) is 5.69 Å². The Morgan fingerprint density at radius 1 is 0.912 bits per heavy atom. The van der Waals surface area contributed by atoms with E-state index in [4.69, 9.17) is 0 Å². The van der Waals surface area contributed by atoms with Crippen LogP contribution >= 0.6 is 0 Å². The lowest BCUT2D eigenvalue weighted by Crippen LogP contribution is -2.60. The lowest BCUT2D eigenvalue weighted by atomic mass is 9.77. The van der Waals surface area contributed by atoms with Crippen molar-refractivity contribution in [3.05, 3.63) is 71.5 Å². The maximum atomic E-state index is 13.5. The number of alkyl halides is 6. The Balaban J connectivity index is 1.96. The number of benzene rings is 2. The number of hydrogen-bond acceptors (Lipinski definition) is 1. The highest BCUT2D eigenvalue weighted by Crippen LogP contribution is 2.43. The topological polar surface area (TPSA) is 16.8 Å². The van der Waals surface area contributed by atoms with E-state index in [-0.39, 0.29) is 0 Å². The molecule has 1 aliphatic rings. The summed E-state index contributed by atoms with van der Waals surface area (Å²) >= 11 is 0. The zero-order chi connectivity index (χ0) is 24.7. The van der Waals surface area contributed by atoms with Gasteiger partial charge in [-0.2, -0.15) is 30.9 Å². The molecule has 0 aliphatic carbocycles. The molecule has 180 valence electrons. The smallest absolute Gasteiger partial charge is 0.243 e. The molecule has 0 saturated carbocycles. The second-order valence-electron chi connectivity index (χ2n) is 8.80. The summed E-state index contributed by atoms with van der Waals surface area (Å²) in [6, 6.07) is 8.45. The number of halogens is 6. The van der Waals surface area contributed by atoms with Crippen LogP contribution in [0.3, 0.4) is 0 Å². The zero-order valence-corrected chi connectivity index (χ0v) is 18.9. The van der Waals surface area contributed by atoms with Gasteiger partial charge in [0, 0.05) is 24.8 Å². The third-order valence-corrected chi connectivity index (χ3v) is 6.74. The molecule has 1 atom stereocenters. The molecule has 34 heavy (non-hydrogen) atoms. The Kier molecular flexibility index (Phi) is 6.21. The molecular formula is C26H25F6N2+. The van der Waals surface area contributed by atoms with E-state index in [1.807, 2.05) is 13.1 Å². The molecule has 1 aliphatic heterocycles. The van der Waals surface area contributed by atoms with Crippen molar-refractivity contribution >= 4 is 0 Å². The Bertz CT molecular complexity index is 1180. The van der Waals surface area contributed by atoms with Gasteiger partial charge in [-0.05, 0) is 42.3 Å². The first-order valence-corrected chi connectivity index (χ1v) is 11.3. The predicted molar refractivity (Wildman–Crippen MR) is 117 cm³/mol. The van der Waals surface area contributed by atoms with E-state index in [1.54, 1.807) is 6.20 Å². The molecule has 4 rings (SSSR count). The molecular weight excluding hydrogens is 454 g/mol. The Morgan fingerprint density at radius 2 is 1.56 bits per heavy atom. The second-order valence-corrected chi connectivity index (χ2v) is 8.80. The number of hydrogen-bond donors (Lipinski definition) is 0. The fraction of sp³-hybridized carbons (Fsp3) is 0.385. The highest BCUT2D eigenvalue weighted by atomic mass is 19.4. The van der Waals surface area contributed by atoms with Gasteiger partial charge < -0.3 is 0 Å². The van der Waals surface area contributed by atoms with E-state index in [9.17, 15) is 26.3 Å². The van der Waals surface area contributed by atoms with Gasteiger partial charge in [0.15, 0.2) is 11.7 Å². The quantitative estimate of drug-likeness (QED) is 0.272. The van der Waals surface area contributed by atoms with Crippen LogP contribution in [0.15, 0.2) is 54.9 Å². The lowest BCUT2D eigenvalue weighted by Gasteiger charge is -2.34.